The smallest absolute Gasteiger partial charge is 0.0735 e. The Morgan fingerprint density at radius 2 is 0.877 bits per heavy atom. The third kappa shape index (κ3) is 4.48. The highest BCUT2D eigenvalue weighted by Gasteiger charge is 2.50. The second-order valence-corrected chi connectivity index (χ2v) is 16.8. The van der Waals surface area contributed by atoms with Crippen LogP contribution in [0.3, 0.4) is 0 Å². The van der Waals surface area contributed by atoms with Gasteiger partial charge in [-0.15, -0.1) is 0 Å². The molecule has 1 nitrogen and oxygen atoms in total. The fraction of sp³-hybridized carbons (Fsp3) is 0.0545. The molecule has 0 radical (unpaired) electrons. The molecule has 0 saturated heterocycles. The Morgan fingerprint density at radius 3 is 1.60 bits per heavy atom. The summed E-state index contributed by atoms with van der Waals surface area (Å²) in [5, 5.41) is 2.54. The van der Waals surface area contributed by atoms with Crippen LogP contribution in [0.15, 0.2) is 216 Å². The van der Waals surface area contributed by atoms with Crippen molar-refractivity contribution in [3.05, 3.63) is 245 Å². The lowest BCUT2D eigenvalue weighted by molar-refractivity contribution is 0.715. The van der Waals surface area contributed by atoms with Gasteiger partial charge in [0.1, 0.15) is 0 Å². The van der Waals surface area contributed by atoms with Gasteiger partial charge >= 0.3 is 0 Å². The van der Waals surface area contributed by atoms with Crippen LogP contribution < -0.4 is 4.90 Å². The van der Waals surface area contributed by atoms with Crippen LogP contribution in [0.2, 0.25) is 0 Å². The second-order valence-electron chi connectivity index (χ2n) is 15.8. The number of hydrogen-bond donors (Lipinski definition) is 0. The first-order chi connectivity index (χ1) is 28.1. The summed E-state index contributed by atoms with van der Waals surface area (Å²) in [7, 11) is 0. The summed E-state index contributed by atoms with van der Waals surface area (Å²) in [6.45, 7) is 2.41. The molecule has 2 heteroatoms. The van der Waals surface area contributed by atoms with E-state index in [1.54, 1.807) is 0 Å². The molecule has 1 heterocycles. The predicted molar refractivity (Wildman–Crippen MR) is 237 cm³/mol. The van der Waals surface area contributed by atoms with Crippen LogP contribution in [0, 0.1) is 0 Å². The molecule has 0 saturated carbocycles. The quantitative estimate of drug-likeness (QED) is 0.177. The van der Waals surface area contributed by atoms with Gasteiger partial charge in [0.15, 0.2) is 0 Å². The van der Waals surface area contributed by atoms with Crippen molar-refractivity contribution < 1.29 is 0 Å². The van der Waals surface area contributed by atoms with Gasteiger partial charge in [-0.2, -0.15) is 0 Å². The van der Waals surface area contributed by atoms with Crippen molar-refractivity contribution in [3.63, 3.8) is 0 Å². The van der Waals surface area contributed by atoms with E-state index < -0.39 is 5.41 Å². The van der Waals surface area contributed by atoms with E-state index >= 15 is 0 Å². The molecule has 0 N–H and O–H groups in total. The minimum atomic E-state index is -0.400. The van der Waals surface area contributed by atoms with Crippen molar-refractivity contribution in [1.29, 1.82) is 0 Å². The number of hydrogen-bond acceptors (Lipinski definition) is 2. The van der Waals surface area contributed by atoms with Gasteiger partial charge in [0.05, 0.1) is 5.41 Å². The number of rotatable bonds is 4. The van der Waals surface area contributed by atoms with Gasteiger partial charge in [-0.05, 0) is 133 Å². The molecule has 1 aliphatic heterocycles. The van der Waals surface area contributed by atoms with Crippen molar-refractivity contribution in [2.45, 2.75) is 27.5 Å². The Kier molecular flexibility index (Phi) is 6.98. The van der Waals surface area contributed by atoms with E-state index in [-0.39, 0.29) is 5.41 Å². The molecule has 0 amide bonds. The molecule has 0 aromatic heterocycles. The van der Waals surface area contributed by atoms with Crippen LogP contribution in [-0.4, -0.2) is 0 Å². The summed E-state index contributed by atoms with van der Waals surface area (Å²) < 4.78 is 0. The molecule has 1 atom stereocenters. The number of fused-ring (bicyclic) bond motifs is 13. The second kappa shape index (κ2) is 12.2. The van der Waals surface area contributed by atoms with Crippen LogP contribution in [0.25, 0.3) is 33.0 Å². The van der Waals surface area contributed by atoms with E-state index in [1.165, 1.54) is 81.8 Å². The van der Waals surface area contributed by atoms with E-state index in [9.17, 15) is 0 Å². The number of nitrogens with zero attached hydrogens (tertiary/aromatic N) is 1. The molecular weight excluding hydrogens is 707 g/mol. The molecule has 268 valence electrons. The summed E-state index contributed by atoms with van der Waals surface area (Å²) in [5.41, 5.74) is 17.4. The van der Waals surface area contributed by atoms with Gasteiger partial charge in [0.2, 0.25) is 0 Å². The number of benzene rings is 9. The highest BCUT2D eigenvalue weighted by atomic mass is 32.2. The summed E-state index contributed by atoms with van der Waals surface area (Å²) in [6.07, 6.45) is 0. The first kappa shape index (κ1) is 32.6. The third-order valence-corrected chi connectivity index (χ3v) is 14.1. The van der Waals surface area contributed by atoms with Crippen molar-refractivity contribution >= 4 is 39.6 Å². The predicted octanol–water partition coefficient (Wildman–Crippen LogP) is 14.5. The molecular formula is C55H37NS. The zero-order chi connectivity index (χ0) is 37.7. The maximum Gasteiger partial charge on any atom is 0.0735 e. The summed E-state index contributed by atoms with van der Waals surface area (Å²) >= 11 is 1.90. The van der Waals surface area contributed by atoms with Crippen molar-refractivity contribution in [2.24, 2.45) is 0 Å². The Morgan fingerprint density at radius 1 is 0.351 bits per heavy atom. The van der Waals surface area contributed by atoms with Crippen LogP contribution >= 0.6 is 11.8 Å². The van der Waals surface area contributed by atoms with Gasteiger partial charge in [-0.25, -0.2) is 0 Å². The first-order valence-corrected chi connectivity index (χ1v) is 20.7. The Hall–Kier alpha value is -6.61. The minimum Gasteiger partial charge on any atom is -0.310 e. The highest BCUT2D eigenvalue weighted by molar-refractivity contribution is 7.99. The molecule has 2 aliphatic carbocycles. The largest absolute Gasteiger partial charge is 0.310 e. The lowest BCUT2D eigenvalue weighted by Gasteiger charge is -2.40. The third-order valence-electron chi connectivity index (χ3n) is 13.0. The summed E-state index contributed by atoms with van der Waals surface area (Å²) in [6, 6.07) is 77.0. The molecule has 0 fully saturated rings. The average Bonchev–Trinajstić information content (AvgIpc) is 3.70. The van der Waals surface area contributed by atoms with Crippen LogP contribution in [-0.2, 0) is 10.8 Å². The van der Waals surface area contributed by atoms with E-state index in [2.05, 4.69) is 218 Å². The van der Waals surface area contributed by atoms with Gasteiger partial charge in [-0.3, -0.25) is 0 Å². The molecule has 1 unspecified atom stereocenters. The average molecular weight is 744 g/mol. The molecule has 12 rings (SSSR count). The fourth-order valence-electron chi connectivity index (χ4n) is 10.4. The number of anilines is 3. The zero-order valence-electron chi connectivity index (χ0n) is 31.5. The zero-order valence-corrected chi connectivity index (χ0v) is 32.3. The minimum absolute atomic E-state index is 0.288. The van der Waals surface area contributed by atoms with Crippen molar-refractivity contribution in [1.82, 2.24) is 0 Å². The maximum atomic E-state index is 2.45. The number of para-hydroxylation sites is 1. The van der Waals surface area contributed by atoms with Crippen LogP contribution in [0.5, 0.6) is 0 Å². The monoisotopic (exact) mass is 743 g/mol. The summed E-state index contributed by atoms with van der Waals surface area (Å²) in [5.74, 6) is 0. The lowest BCUT2D eigenvalue weighted by Crippen LogP contribution is -2.32. The normalized spacial score (nSPS) is 16.3. The van der Waals surface area contributed by atoms with Crippen LogP contribution in [0.4, 0.5) is 17.1 Å². The highest BCUT2D eigenvalue weighted by Crippen LogP contribution is 2.63. The van der Waals surface area contributed by atoms with Crippen molar-refractivity contribution in [2.75, 3.05) is 4.90 Å². The van der Waals surface area contributed by atoms with E-state index in [4.69, 9.17) is 0 Å². The first-order valence-electron chi connectivity index (χ1n) is 19.8. The summed E-state index contributed by atoms with van der Waals surface area (Å²) in [4.78, 5) is 5.04. The van der Waals surface area contributed by atoms with Gasteiger partial charge in [0.25, 0.3) is 0 Å². The fourth-order valence-corrected chi connectivity index (χ4v) is 11.7. The Bertz CT molecular complexity index is 3030. The Balaban J connectivity index is 1.08. The molecule has 9 aromatic rings. The van der Waals surface area contributed by atoms with E-state index in [0.29, 0.717) is 0 Å². The molecule has 3 aliphatic rings. The van der Waals surface area contributed by atoms with Gasteiger partial charge < -0.3 is 4.90 Å². The molecule has 0 bridgehead atoms. The topological polar surface area (TPSA) is 3.24 Å². The van der Waals surface area contributed by atoms with E-state index in [0.717, 1.165) is 17.1 Å². The van der Waals surface area contributed by atoms with Gasteiger partial charge in [0, 0.05) is 32.3 Å². The van der Waals surface area contributed by atoms with Crippen LogP contribution in [0.1, 0.15) is 45.9 Å². The van der Waals surface area contributed by atoms with Crippen molar-refractivity contribution in [3.8, 4) is 22.3 Å². The molecule has 57 heavy (non-hydrogen) atoms. The molecule has 9 aromatic carbocycles. The Labute approximate surface area is 337 Å². The van der Waals surface area contributed by atoms with E-state index in [1.807, 2.05) is 11.8 Å². The SMILES string of the molecule is CC1(c2ccccc2)c2ccc(N(c3ccccc3)c3ccc4c(c3)Sc3ccccc3C43c4ccccc4-c4ccccc43)cc2-c2cc3ccccc3cc21. The maximum absolute atomic E-state index is 2.45. The molecule has 1 spiro atoms. The van der Waals surface area contributed by atoms with Gasteiger partial charge in [-0.1, -0.05) is 163 Å². The lowest BCUT2D eigenvalue weighted by atomic mass is 9.67. The standard InChI is InChI=1S/C55H37NS/c1-54(38-18-4-2-5-19-38)46-30-28-40(34-45(46)44-32-36-16-8-9-17-37(36)33-51(44)54)56(39-20-6-3-7-21-39)41-29-31-50-53(35-41)57-52-27-15-14-26-49(52)55(50)47-24-12-10-22-42(47)43-23-11-13-25-48(43)55/h2-35H,1H3.